The van der Waals surface area contributed by atoms with Gasteiger partial charge < -0.3 is 24.3 Å². The second-order valence-corrected chi connectivity index (χ2v) is 5.30. The Morgan fingerprint density at radius 1 is 0.963 bits per heavy atom. The number of nitrogens with one attached hydrogen (secondary N) is 1. The minimum atomic E-state index is -0.657. The van der Waals surface area contributed by atoms with E-state index in [0.29, 0.717) is 28.5 Å². The fourth-order valence-corrected chi connectivity index (χ4v) is 2.25. The fourth-order valence-electron chi connectivity index (χ4n) is 2.25. The molecule has 2 aromatic carbocycles. The summed E-state index contributed by atoms with van der Waals surface area (Å²) >= 11 is 0. The summed E-state index contributed by atoms with van der Waals surface area (Å²) in [5, 5.41) is 2.62. The summed E-state index contributed by atoms with van der Waals surface area (Å²) in [6, 6.07) is 12.1. The van der Waals surface area contributed by atoms with E-state index in [9.17, 15) is 9.59 Å². The van der Waals surface area contributed by atoms with E-state index in [1.54, 1.807) is 49.6 Å². The van der Waals surface area contributed by atoms with Gasteiger partial charge in [-0.1, -0.05) is 12.1 Å². The van der Waals surface area contributed by atoms with E-state index in [-0.39, 0.29) is 0 Å². The van der Waals surface area contributed by atoms with Crippen molar-refractivity contribution >= 4 is 23.6 Å². The Morgan fingerprint density at radius 2 is 1.70 bits per heavy atom. The molecule has 0 aliphatic heterocycles. The van der Waals surface area contributed by atoms with Crippen LogP contribution in [-0.4, -0.2) is 39.8 Å². The maximum absolute atomic E-state index is 11.9. The van der Waals surface area contributed by atoms with Crippen molar-refractivity contribution in [2.24, 2.45) is 0 Å². The van der Waals surface area contributed by atoms with Crippen molar-refractivity contribution in [1.82, 2.24) is 0 Å². The first-order chi connectivity index (χ1) is 13.1. The summed E-state index contributed by atoms with van der Waals surface area (Å²) in [4.78, 5) is 23.8. The summed E-state index contributed by atoms with van der Waals surface area (Å²) in [6.45, 7) is -0.420. The molecule has 0 heterocycles. The predicted molar refractivity (Wildman–Crippen MR) is 101 cm³/mol. The van der Waals surface area contributed by atoms with Crippen molar-refractivity contribution in [3.63, 3.8) is 0 Å². The molecule has 0 atom stereocenters. The van der Waals surface area contributed by atoms with Gasteiger partial charge in [-0.25, -0.2) is 4.79 Å². The van der Waals surface area contributed by atoms with Crippen molar-refractivity contribution < 1.29 is 28.5 Å². The quantitative estimate of drug-likeness (QED) is 0.567. The molecule has 0 unspecified atom stereocenters. The molecule has 7 heteroatoms. The molecule has 0 saturated carbocycles. The summed E-state index contributed by atoms with van der Waals surface area (Å²) in [5.74, 6) is 0.589. The summed E-state index contributed by atoms with van der Waals surface area (Å²) in [5.41, 5.74) is 1.14. The monoisotopic (exact) mass is 371 g/mol. The van der Waals surface area contributed by atoms with Gasteiger partial charge in [-0.3, -0.25) is 4.79 Å². The molecule has 0 aromatic heterocycles. The van der Waals surface area contributed by atoms with Crippen LogP contribution in [0, 0.1) is 0 Å². The van der Waals surface area contributed by atoms with Gasteiger partial charge in [0.1, 0.15) is 17.2 Å². The standard InChI is InChI=1S/C20H21NO6/c1-24-15-9-10-17(25-2)14(12-15)8-11-20(23)27-13-19(22)21-16-6-4-5-7-18(16)26-3/h4-12H,13H2,1-3H3,(H,21,22)/b11-8+. The van der Waals surface area contributed by atoms with Gasteiger partial charge in [-0.15, -0.1) is 0 Å². The van der Waals surface area contributed by atoms with E-state index in [0.717, 1.165) is 0 Å². The highest BCUT2D eigenvalue weighted by Gasteiger charge is 2.09. The molecule has 1 N–H and O–H groups in total. The minimum Gasteiger partial charge on any atom is -0.497 e. The van der Waals surface area contributed by atoms with Gasteiger partial charge in [0.15, 0.2) is 6.61 Å². The van der Waals surface area contributed by atoms with Gasteiger partial charge in [-0.05, 0) is 36.4 Å². The molecule has 0 aliphatic carbocycles. The maximum atomic E-state index is 11.9. The molecule has 0 saturated heterocycles. The molecule has 1 amide bonds. The van der Waals surface area contributed by atoms with Crippen molar-refractivity contribution in [2.45, 2.75) is 0 Å². The number of methoxy groups -OCH3 is 3. The Morgan fingerprint density at radius 3 is 2.41 bits per heavy atom. The van der Waals surface area contributed by atoms with Crippen molar-refractivity contribution in [3.05, 3.63) is 54.1 Å². The topological polar surface area (TPSA) is 83.1 Å². The number of carbonyl (C=O) groups excluding carboxylic acids is 2. The third kappa shape index (κ3) is 5.78. The zero-order valence-corrected chi connectivity index (χ0v) is 15.4. The van der Waals surface area contributed by atoms with Gasteiger partial charge in [0.25, 0.3) is 5.91 Å². The first-order valence-corrected chi connectivity index (χ1v) is 8.07. The smallest absolute Gasteiger partial charge is 0.331 e. The zero-order chi connectivity index (χ0) is 19.6. The number of anilines is 1. The number of esters is 1. The molecule has 7 nitrogen and oxygen atoms in total. The lowest BCUT2D eigenvalue weighted by Gasteiger charge is -2.09. The Labute approximate surface area is 157 Å². The first-order valence-electron chi connectivity index (χ1n) is 8.07. The van der Waals surface area contributed by atoms with Crippen LogP contribution in [0.15, 0.2) is 48.5 Å². The van der Waals surface area contributed by atoms with Gasteiger partial charge >= 0.3 is 5.97 Å². The van der Waals surface area contributed by atoms with Crippen LogP contribution in [0.25, 0.3) is 6.08 Å². The van der Waals surface area contributed by atoms with E-state index in [2.05, 4.69) is 5.32 Å². The third-order valence-electron chi connectivity index (χ3n) is 3.56. The number of rotatable bonds is 8. The molecular formula is C20H21NO6. The van der Waals surface area contributed by atoms with E-state index < -0.39 is 18.5 Å². The third-order valence-corrected chi connectivity index (χ3v) is 3.56. The molecule has 0 radical (unpaired) electrons. The van der Waals surface area contributed by atoms with Crippen LogP contribution in [0.2, 0.25) is 0 Å². The number of benzene rings is 2. The fraction of sp³-hybridized carbons (Fsp3) is 0.200. The lowest BCUT2D eigenvalue weighted by molar-refractivity contribution is -0.142. The normalized spacial score (nSPS) is 10.3. The van der Waals surface area contributed by atoms with Crippen LogP contribution in [0.3, 0.4) is 0 Å². The number of carbonyl (C=O) groups is 2. The van der Waals surface area contributed by atoms with E-state index >= 15 is 0 Å². The first kappa shape index (κ1) is 19.8. The molecule has 0 aliphatic rings. The molecule has 27 heavy (non-hydrogen) atoms. The van der Waals surface area contributed by atoms with E-state index in [1.165, 1.54) is 26.4 Å². The van der Waals surface area contributed by atoms with Crippen LogP contribution in [0.5, 0.6) is 17.2 Å². The molecule has 0 bridgehead atoms. The highest BCUT2D eigenvalue weighted by atomic mass is 16.5. The van der Waals surface area contributed by atoms with Crippen molar-refractivity contribution in [3.8, 4) is 17.2 Å². The Balaban J connectivity index is 1.92. The Hall–Kier alpha value is -3.48. The highest BCUT2D eigenvalue weighted by Crippen LogP contribution is 2.25. The minimum absolute atomic E-state index is 0.420. The number of hydrogen-bond donors (Lipinski definition) is 1. The van der Waals surface area contributed by atoms with Crippen LogP contribution in [0.4, 0.5) is 5.69 Å². The van der Waals surface area contributed by atoms with Crippen LogP contribution in [0.1, 0.15) is 5.56 Å². The summed E-state index contributed by atoms with van der Waals surface area (Å²) in [7, 11) is 4.58. The molecule has 2 rings (SSSR count). The number of ether oxygens (including phenoxy) is 4. The average molecular weight is 371 g/mol. The SMILES string of the molecule is COc1ccc(OC)c(/C=C/C(=O)OCC(=O)Nc2ccccc2OC)c1. The molecule has 142 valence electrons. The predicted octanol–water partition coefficient (Wildman–Crippen LogP) is 2.91. The van der Waals surface area contributed by atoms with Gasteiger partial charge in [0.2, 0.25) is 0 Å². The molecule has 0 spiro atoms. The average Bonchev–Trinajstić information content (AvgIpc) is 2.70. The number of para-hydroxylation sites is 2. The lowest BCUT2D eigenvalue weighted by Crippen LogP contribution is -2.20. The van der Waals surface area contributed by atoms with Crippen LogP contribution in [-0.2, 0) is 14.3 Å². The van der Waals surface area contributed by atoms with Gasteiger partial charge in [0.05, 0.1) is 27.0 Å². The van der Waals surface area contributed by atoms with Crippen LogP contribution < -0.4 is 19.5 Å². The van der Waals surface area contributed by atoms with Gasteiger partial charge in [-0.2, -0.15) is 0 Å². The highest BCUT2D eigenvalue weighted by molar-refractivity contribution is 5.95. The largest absolute Gasteiger partial charge is 0.497 e. The summed E-state index contributed by atoms with van der Waals surface area (Å²) < 4.78 is 20.5. The van der Waals surface area contributed by atoms with E-state index in [4.69, 9.17) is 18.9 Å². The van der Waals surface area contributed by atoms with E-state index in [1.807, 2.05) is 0 Å². The number of amides is 1. The Kier molecular flexibility index (Phi) is 7.25. The van der Waals surface area contributed by atoms with Crippen molar-refractivity contribution in [1.29, 1.82) is 0 Å². The van der Waals surface area contributed by atoms with Gasteiger partial charge in [0, 0.05) is 11.6 Å². The molecular weight excluding hydrogens is 350 g/mol. The lowest BCUT2D eigenvalue weighted by atomic mass is 10.1. The zero-order valence-electron chi connectivity index (χ0n) is 15.4. The second kappa shape index (κ2) is 9.86. The molecule has 2 aromatic rings. The maximum Gasteiger partial charge on any atom is 0.331 e. The van der Waals surface area contributed by atoms with Crippen molar-refractivity contribution in [2.75, 3.05) is 33.3 Å². The Bertz CT molecular complexity index is 831. The molecule has 0 fully saturated rings. The van der Waals surface area contributed by atoms with Crippen LogP contribution >= 0.6 is 0 Å². The summed E-state index contributed by atoms with van der Waals surface area (Å²) in [6.07, 6.45) is 2.75. The second-order valence-electron chi connectivity index (χ2n) is 5.30. The number of hydrogen-bond acceptors (Lipinski definition) is 6.